The van der Waals surface area contributed by atoms with Crippen LogP contribution >= 0.6 is 0 Å². The maximum Gasteiger partial charge on any atom is 0.161 e. The summed E-state index contributed by atoms with van der Waals surface area (Å²) in [4.78, 5) is 8.43. The Hall–Kier alpha value is -1.45. The van der Waals surface area contributed by atoms with E-state index in [4.69, 9.17) is 0 Å². The summed E-state index contributed by atoms with van der Waals surface area (Å²) in [6.07, 6.45) is 10.3. The van der Waals surface area contributed by atoms with E-state index in [0.717, 1.165) is 29.2 Å². The summed E-state index contributed by atoms with van der Waals surface area (Å²) in [6, 6.07) is 0. The first kappa shape index (κ1) is 10.7. The van der Waals surface area contributed by atoms with Gasteiger partial charge < -0.3 is 0 Å². The Balaban J connectivity index is 1.89. The lowest BCUT2D eigenvalue weighted by atomic mass is 9.89. The minimum Gasteiger partial charge on any atom is -0.247 e. The van der Waals surface area contributed by atoms with Crippen molar-refractivity contribution in [3.05, 3.63) is 18.2 Å². The van der Waals surface area contributed by atoms with Gasteiger partial charge in [0.25, 0.3) is 0 Å². The van der Waals surface area contributed by atoms with Crippen molar-refractivity contribution in [3.8, 4) is 0 Å². The predicted octanol–water partition coefficient (Wildman–Crippen LogP) is 2.72. The fourth-order valence-corrected chi connectivity index (χ4v) is 2.81. The van der Waals surface area contributed by atoms with Gasteiger partial charge in [-0.1, -0.05) is 19.3 Å². The van der Waals surface area contributed by atoms with E-state index in [-0.39, 0.29) is 0 Å². The Labute approximate surface area is 101 Å². The molecule has 1 saturated carbocycles. The van der Waals surface area contributed by atoms with Crippen LogP contribution in [0.3, 0.4) is 0 Å². The van der Waals surface area contributed by atoms with Crippen LogP contribution in [0.4, 0.5) is 0 Å². The molecule has 0 atom stereocenters. The van der Waals surface area contributed by atoms with E-state index in [1.54, 1.807) is 6.33 Å². The molecule has 1 aliphatic carbocycles. The van der Waals surface area contributed by atoms with Crippen molar-refractivity contribution in [2.24, 2.45) is 5.92 Å². The third-order valence-corrected chi connectivity index (χ3v) is 3.75. The maximum absolute atomic E-state index is 4.60. The number of rotatable bonds is 2. The number of aromatic nitrogens is 4. The van der Waals surface area contributed by atoms with Crippen molar-refractivity contribution in [2.45, 2.75) is 45.6 Å². The van der Waals surface area contributed by atoms with Crippen LogP contribution in [-0.4, -0.2) is 19.7 Å². The van der Waals surface area contributed by atoms with E-state index < -0.39 is 0 Å². The first-order valence-corrected chi connectivity index (χ1v) is 6.48. The molecular weight excluding hydrogens is 212 g/mol. The van der Waals surface area contributed by atoms with Crippen LogP contribution in [0.2, 0.25) is 0 Å². The topological polar surface area (TPSA) is 43.6 Å². The largest absolute Gasteiger partial charge is 0.247 e. The van der Waals surface area contributed by atoms with Gasteiger partial charge in [0.2, 0.25) is 0 Å². The minimum atomic E-state index is 0.779. The molecule has 3 rings (SSSR count). The highest BCUT2D eigenvalue weighted by Crippen LogP contribution is 2.26. The Morgan fingerprint density at radius 1 is 1.29 bits per heavy atom. The molecule has 17 heavy (non-hydrogen) atoms. The fourth-order valence-electron chi connectivity index (χ4n) is 2.81. The number of nitrogens with zero attached hydrogens (tertiary/aromatic N) is 4. The molecule has 0 saturated heterocycles. The number of hydrogen-bond donors (Lipinski definition) is 0. The van der Waals surface area contributed by atoms with Gasteiger partial charge in [0.15, 0.2) is 5.65 Å². The van der Waals surface area contributed by atoms with Crippen LogP contribution in [0, 0.1) is 12.8 Å². The molecule has 0 amide bonds. The molecule has 0 aliphatic heterocycles. The smallest absolute Gasteiger partial charge is 0.161 e. The monoisotopic (exact) mass is 230 g/mol. The van der Waals surface area contributed by atoms with Gasteiger partial charge >= 0.3 is 0 Å². The highest BCUT2D eigenvalue weighted by molar-refractivity contribution is 5.76. The molecule has 2 aromatic heterocycles. The molecule has 0 aromatic carbocycles. The van der Waals surface area contributed by atoms with Gasteiger partial charge in [-0.25, -0.2) is 14.6 Å². The highest BCUT2D eigenvalue weighted by Gasteiger charge is 2.16. The second-order valence-electron chi connectivity index (χ2n) is 5.03. The average molecular weight is 230 g/mol. The molecule has 0 bridgehead atoms. The predicted molar refractivity (Wildman–Crippen MR) is 66.6 cm³/mol. The van der Waals surface area contributed by atoms with Crippen LogP contribution in [0.1, 0.15) is 37.8 Å². The van der Waals surface area contributed by atoms with Gasteiger partial charge in [-0.15, -0.1) is 0 Å². The zero-order valence-corrected chi connectivity index (χ0v) is 10.3. The standard InChI is InChI=1S/C13H18N4/c1-10-12-7-14-9-15-13(12)17(16-10)8-11-5-3-2-4-6-11/h7,9,11H,2-6,8H2,1H3. The quantitative estimate of drug-likeness (QED) is 0.796. The fraction of sp³-hybridized carbons (Fsp3) is 0.615. The van der Waals surface area contributed by atoms with E-state index in [2.05, 4.69) is 19.7 Å². The van der Waals surface area contributed by atoms with E-state index >= 15 is 0 Å². The van der Waals surface area contributed by atoms with E-state index in [9.17, 15) is 0 Å². The normalized spacial score (nSPS) is 17.7. The van der Waals surface area contributed by atoms with E-state index in [0.29, 0.717) is 0 Å². The van der Waals surface area contributed by atoms with E-state index in [1.165, 1.54) is 32.1 Å². The zero-order valence-electron chi connectivity index (χ0n) is 10.3. The lowest BCUT2D eigenvalue weighted by Crippen LogP contribution is -2.15. The highest BCUT2D eigenvalue weighted by atomic mass is 15.3. The molecule has 2 heterocycles. The van der Waals surface area contributed by atoms with Crippen LogP contribution in [0.25, 0.3) is 11.0 Å². The molecule has 4 heteroatoms. The van der Waals surface area contributed by atoms with Gasteiger partial charge in [0, 0.05) is 12.7 Å². The number of aryl methyl sites for hydroxylation is 1. The Kier molecular flexibility index (Phi) is 2.79. The van der Waals surface area contributed by atoms with Crippen molar-refractivity contribution in [3.63, 3.8) is 0 Å². The molecule has 0 N–H and O–H groups in total. The van der Waals surface area contributed by atoms with Crippen LogP contribution in [0.15, 0.2) is 12.5 Å². The van der Waals surface area contributed by atoms with Gasteiger partial charge in [-0.2, -0.15) is 5.10 Å². The molecule has 90 valence electrons. The lowest BCUT2D eigenvalue weighted by molar-refractivity contribution is 0.311. The molecule has 1 aliphatic rings. The van der Waals surface area contributed by atoms with E-state index in [1.807, 2.05) is 13.1 Å². The summed E-state index contributed by atoms with van der Waals surface area (Å²) >= 11 is 0. The third kappa shape index (κ3) is 2.04. The average Bonchev–Trinajstić information content (AvgIpc) is 2.69. The summed E-state index contributed by atoms with van der Waals surface area (Å²) in [5.41, 5.74) is 2.03. The van der Waals surface area contributed by atoms with Crippen molar-refractivity contribution in [1.29, 1.82) is 0 Å². The van der Waals surface area contributed by atoms with Crippen LogP contribution < -0.4 is 0 Å². The number of fused-ring (bicyclic) bond motifs is 1. The SMILES string of the molecule is Cc1nn(CC2CCCCC2)c2ncncc12. The Morgan fingerprint density at radius 2 is 2.12 bits per heavy atom. The second-order valence-corrected chi connectivity index (χ2v) is 5.03. The van der Waals surface area contributed by atoms with Gasteiger partial charge in [0.1, 0.15) is 6.33 Å². The van der Waals surface area contributed by atoms with Gasteiger partial charge in [-0.05, 0) is 25.7 Å². The van der Waals surface area contributed by atoms with Crippen molar-refractivity contribution < 1.29 is 0 Å². The first-order chi connectivity index (χ1) is 8.34. The molecule has 1 fully saturated rings. The molecule has 0 spiro atoms. The molecule has 4 nitrogen and oxygen atoms in total. The maximum atomic E-state index is 4.60. The molecule has 2 aromatic rings. The molecule has 0 radical (unpaired) electrons. The van der Waals surface area contributed by atoms with Crippen molar-refractivity contribution >= 4 is 11.0 Å². The third-order valence-electron chi connectivity index (χ3n) is 3.75. The van der Waals surface area contributed by atoms with Crippen LogP contribution in [-0.2, 0) is 6.54 Å². The zero-order chi connectivity index (χ0) is 11.7. The van der Waals surface area contributed by atoms with Crippen molar-refractivity contribution in [1.82, 2.24) is 19.7 Å². The van der Waals surface area contributed by atoms with Gasteiger partial charge in [-0.3, -0.25) is 0 Å². The Morgan fingerprint density at radius 3 is 2.94 bits per heavy atom. The summed E-state index contributed by atoms with van der Waals surface area (Å²) in [5, 5.41) is 5.68. The second kappa shape index (κ2) is 4.43. The van der Waals surface area contributed by atoms with Crippen molar-refractivity contribution in [2.75, 3.05) is 0 Å². The Bertz CT molecular complexity index is 511. The lowest BCUT2D eigenvalue weighted by Gasteiger charge is -2.21. The summed E-state index contributed by atoms with van der Waals surface area (Å²) in [6.45, 7) is 3.05. The summed E-state index contributed by atoms with van der Waals surface area (Å²) in [5.74, 6) is 0.779. The first-order valence-electron chi connectivity index (χ1n) is 6.48. The molecule has 0 unspecified atom stereocenters. The van der Waals surface area contributed by atoms with Crippen LogP contribution in [0.5, 0.6) is 0 Å². The summed E-state index contributed by atoms with van der Waals surface area (Å²) in [7, 11) is 0. The van der Waals surface area contributed by atoms with Gasteiger partial charge in [0.05, 0.1) is 11.1 Å². The minimum absolute atomic E-state index is 0.779. The summed E-state index contributed by atoms with van der Waals surface area (Å²) < 4.78 is 2.07. The molecular formula is C13H18N4. The number of hydrogen-bond acceptors (Lipinski definition) is 3.